The highest BCUT2D eigenvalue weighted by molar-refractivity contribution is 5.19. The van der Waals surface area contributed by atoms with Crippen molar-refractivity contribution in [3.8, 4) is 0 Å². The molecule has 1 atom stereocenters. The van der Waals surface area contributed by atoms with E-state index in [4.69, 9.17) is 5.73 Å². The number of anilines is 1. The van der Waals surface area contributed by atoms with Crippen LogP contribution in [0.2, 0.25) is 0 Å². The van der Waals surface area contributed by atoms with Crippen molar-refractivity contribution in [3.05, 3.63) is 6.20 Å². The summed E-state index contributed by atoms with van der Waals surface area (Å²) in [6.45, 7) is 9.79. The first kappa shape index (κ1) is 11.0. The molecule has 0 aromatic carbocycles. The van der Waals surface area contributed by atoms with Crippen molar-refractivity contribution in [1.29, 1.82) is 0 Å². The molecule has 4 heteroatoms. The van der Waals surface area contributed by atoms with E-state index in [0.29, 0.717) is 17.2 Å². The molecule has 0 fully saturated rings. The van der Waals surface area contributed by atoms with Gasteiger partial charge in [-0.1, -0.05) is 27.7 Å². The standard InChI is InChI=1S/C10H20N4/c1-8(5-10(2,3)4)7-14-12-6-9(11)13-14/h6,8H,5,7H2,1-4H3,(H2,11,13). The number of rotatable bonds is 3. The van der Waals surface area contributed by atoms with E-state index in [1.165, 1.54) is 0 Å². The lowest BCUT2D eigenvalue weighted by atomic mass is 9.85. The lowest BCUT2D eigenvalue weighted by molar-refractivity contribution is 0.271. The van der Waals surface area contributed by atoms with E-state index in [-0.39, 0.29) is 0 Å². The van der Waals surface area contributed by atoms with Crippen molar-refractivity contribution < 1.29 is 0 Å². The quantitative estimate of drug-likeness (QED) is 0.803. The third-order valence-corrected chi connectivity index (χ3v) is 1.99. The van der Waals surface area contributed by atoms with E-state index in [1.54, 1.807) is 11.0 Å². The van der Waals surface area contributed by atoms with Gasteiger partial charge >= 0.3 is 0 Å². The van der Waals surface area contributed by atoms with Crippen LogP contribution in [-0.4, -0.2) is 15.0 Å². The number of hydrogen-bond acceptors (Lipinski definition) is 3. The van der Waals surface area contributed by atoms with Crippen molar-refractivity contribution in [3.63, 3.8) is 0 Å². The van der Waals surface area contributed by atoms with Gasteiger partial charge in [0.15, 0.2) is 5.82 Å². The zero-order chi connectivity index (χ0) is 10.8. The normalized spacial score (nSPS) is 14.3. The first-order chi connectivity index (χ1) is 6.37. The average Bonchev–Trinajstić information content (AvgIpc) is 2.30. The summed E-state index contributed by atoms with van der Waals surface area (Å²) in [7, 11) is 0. The van der Waals surface area contributed by atoms with Gasteiger partial charge < -0.3 is 5.73 Å². The van der Waals surface area contributed by atoms with Crippen molar-refractivity contribution in [2.45, 2.75) is 40.7 Å². The van der Waals surface area contributed by atoms with Gasteiger partial charge in [0.1, 0.15) is 0 Å². The topological polar surface area (TPSA) is 56.7 Å². The summed E-state index contributed by atoms with van der Waals surface area (Å²) < 4.78 is 0. The molecule has 1 unspecified atom stereocenters. The molecule has 4 nitrogen and oxygen atoms in total. The molecule has 0 aliphatic carbocycles. The Morgan fingerprint density at radius 1 is 1.50 bits per heavy atom. The highest BCUT2D eigenvalue weighted by Gasteiger charge is 2.16. The molecule has 0 aliphatic heterocycles. The van der Waals surface area contributed by atoms with Crippen LogP contribution >= 0.6 is 0 Å². The molecule has 0 bridgehead atoms. The second-order valence-electron chi connectivity index (χ2n) is 5.19. The van der Waals surface area contributed by atoms with Gasteiger partial charge in [0.25, 0.3) is 0 Å². The first-order valence-electron chi connectivity index (χ1n) is 5.02. The molecule has 1 heterocycles. The Morgan fingerprint density at radius 3 is 2.57 bits per heavy atom. The highest BCUT2D eigenvalue weighted by atomic mass is 15.5. The third-order valence-electron chi connectivity index (χ3n) is 1.99. The Balaban J connectivity index is 2.45. The Labute approximate surface area is 85.5 Å². The largest absolute Gasteiger partial charge is 0.381 e. The van der Waals surface area contributed by atoms with Crippen LogP contribution in [0, 0.1) is 11.3 Å². The van der Waals surface area contributed by atoms with E-state index in [1.807, 2.05) is 0 Å². The van der Waals surface area contributed by atoms with Crippen molar-refractivity contribution in [1.82, 2.24) is 15.0 Å². The molecule has 2 N–H and O–H groups in total. The van der Waals surface area contributed by atoms with Crippen molar-refractivity contribution in [2.75, 3.05) is 5.73 Å². The molecule has 14 heavy (non-hydrogen) atoms. The number of nitrogen functional groups attached to an aromatic ring is 1. The minimum Gasteiger partial charge on any atom is -0.381 e. The maximum atomic E-state index is 5.49. The van der Waals surface area contributed by atoms with Gasteiger partial charge in [-0.25, -0.2) is 0 Å². The summed E-state index contributed by atoms with van der Waals surface area (Å²) in [6.07, 6.45) is 2.75. The molecule has 1 rings (SSSR count). The molecule has 1 aromatic heterocycles. The Morgan fingerprint density at radius 2 is 2.14 bits per heavy atom. The van der Waals surface area contributed by atoms with Crippen LogP contribution in [0.1, 0.15) is 34.1 Å². The van der Waals surface area contributed by atoms with Gasteiger partial charge in [0.2, 0.25) is 0 Å². The minimum absolute atomic E-state index is 0.359. The van der Waals surface area contributed by atoms with Gasteiger partial charge in [-0.05, 0) is 17.8 Å². The Kier molecular flexibility index (Phi) is 3.13. The van der Waals surface area contributed by atoms with Crippen molar-refractivity contribution in [2.24, 2.45) is 11.3 Å². The Hall–Kier alpha value is -1.06. The number of nitrogens with two attached hydrogens (primary N) is 1. The van der Waals surface area contributed by atoms with E-state index in [9.17, 15) is 0 Å². The SMILES string of the molecule is CC(Cn1ncc(N)n1)CC(C)(C)C. The van der Waals surface area contributed by atoms with Crippen LogP contribution in [0.25, 0.3) is 0 Å². The summed E-state index contributed by atoms with van der Waals surface area (Å²) in [4.78, 5) is 1.67. The van der Waals surface area contributed by atoms with Crippen LogP contribution in [0.5, 0.6) is 0 Å². The van der Waals surface area contributed by atoms with Gasteiger partial charge in [0.05, 0.1) is 12.7 Å². The minimum atomic E-state index is 0.359. The van der Waals surface area contributed by atoms with E-state index in [0.717, 1.165) is 13.0 Å². The van der Waals surface area contributed by atoms with Crippen LogP contribution in [0.4, 0.5) is 5.82 Å². The maximum absolute atomic E-state index is 5.49. The summed E-state index contributed by atoms with van der Waals surface area (Å²) in [5.41, 5.74) is 5.85. The fourth-order valence-electron chi connectivity index (χ4n) is 1.79. The average molecular weight is 196 g/mol. The molecule has 0 radical (unpaired) electrons. The zero-order valence-corrected chi connectivity index (χ0v) is 9.49. The maximum Gasteiger partial charge on any atom is 0.165 e. The van der Waals surface area contributed by atoms with Gasteiger partial charge in [0, 0.05) is 0 Å². The van der Waals surface area contributed by atoms with Gasteiger partial charge in [-0.2, -0.15) is 9.90 Å². The van der Waals surface area contributed by atoms with Crippen LogP contribution < -0.4 is 5.73 Å². The summed E-state index contributed by atoms with van der Waals surface area (Å²) >= 11 is 0. The summed E-state index contributed by atoms with van der Waals surface area (Å²) in [5, 5.41) is 8.13. The van der Waals surface area contributed by atoms with Gasteiger partial charge in [-0.15, -0.1) is 5.10 Å². The monoisotopic (exact) mass is 196 g/mol. The molecule has 0 saturated heterocycles. The molecule has 1 aromatic rings. The molecular weight excluding hydrogens is 176 g/mol. The van der Waals surface area contributed by atoms with Crippen LogP contribution in [0.3, 0.4) is 0 Å². The molecule has 0 saturated carbocycles. The summed E-state index contributed by atoms with van der Waals surface area (Å²) in [5.74, 6) is 1.06. The lowest BCUT2D eigenvalue weighted by Crippen LogP contribution is -2.17. The van der Waals surface area contributed by atoms with Crippen molar-refractivity contribution >= 4 is 5.82 Å². The highest BCUT2D eigenvalue weighted by Crippen LogP contribution is 2.24. The number of nitrogens with zero attached hydrogens (tertiary/aromatic N) is 3. The molecule has 80 valence electrons. The van der Waals surface area contributed by atoms with Crippen LogP contribution in [-0.2, 0) is 6.54 Å². The fourth-order valence-corrected chi connectivity index (χ4v) is 1.79. The van der Waals surface area contributed by atoms with E-state index >= 15 is 0 Å². The van der Waals surface area contributed by atoms with E-state index in [2.05, 4.69) is 37.9 Å². The molecule has 0 aliphatic rings. The van der Waals surface area contributed by atoms with E-state index < -0.39 is 0 Å². The molecular formula is C10H20N4. The lowest BCUT2D eigenvalue weighted by Gasteiger charge is -2.22. The molecule has 0 amide bonds. The van der Waals surface area contributed by atoms with Crippen LogP contribution in [0.15, 0.2) is 6.20 Å². The number of hydrogen-bond donors (Lipinski definition) is 1. The fraction of sp³-hybridized carbons (Fsp3) is 0.800. The second kappa shape index (κ2) is 3.98. The number of aromatic nitrogens is 3. The predicted molar refractivity (Wildman–Crippen MR) is 57.7 cm³/mol. The second-order valence-corrected chi connectivity index (χ2v) is 5.19. The summed E-state index contributed by atoms with van der Waals surface area (Å²) in [6, 6.07) is 0. The first-order valence-corrected chi connectivity index (χ1v) is 5.02. The van der Waals surface area contributed by atoms with Gasteiger partial charge in [-0.3, -0.25) is 0 Å². The smallest absolute Gasteiger partial charge is 0.165 e. The Bertz CT molecular complexity index is 285. The predicted octanol–water partition coefficient (Wildman–Crippen LogP) is 1.93. The third kappa shape index (κ3) is 3.77. The zero-order valence-electron chi connectivity index (χ0n) is 9.49. The molecule has 0 spiro atoms.